The SMILES string of the molecule is CCc1ccc(C(Br)c2coc(Br)c2)s1. The Hall–Kier alpha value is -0.0600. The monoisotopic (exact) mass is 348 g/mol. The van der Waals surface area contributed by atoms with Crippen molar-refractivity contribution in [2.75, 3.05) is 0 Å². The van der Waals surface area contributed by atoms with Crippen LogP contribution in [0.25, 0.3) is 0 Å². The molecule has 0 amide bonds. The molecule has 1 atom stereocenters. The van der Waals surface area contributed by atoms with Crippen molar-refractivity contribution in [2.45, 2.75) is 18.2 Å². The number of hydrogen-bond acceptors (Lipinski definition) is 2. The highest BCUT2D eigenvalue weighted by Crippen LogP contribution is 2.36. The Balaban J connectivity index is 2.23. The molecule has 0 N–H and O–H groups in total. The first kappa shape index (κ1) is 11.4. The van der Waals surface area contributed by atoms with E-state index in [0.717, 1.165) is 16.7 Å². The molecule has 1 unspecified atom stereocenters. The summed E-state index contributed by atoms with van der Waals surface area (Å²) in [5.74, 6) is 0. The van der Waals surface area contributed by atoms with E-state index < -0.39 is 0 Å². The van der Waals surface area contributed by atoms with E-state index in [1.54, 1.807) is 6.26 Å². The van der Waals surface area contributed by atoms with Gasteiger partial charge in [-0.1, -0.05) is 22.9 Å². The molecular weight excluding hydrogens is 340 g/mol. The summed E-state index contributed by atoms with van der Waals surface area (Å²) in [6.45, 7) is 2.17. The minimum atomic E-state index is 0.234. The lowest BCUT2D eigenvalue weighted by atomic mass is 10.2. The summed E-state index contributed by atoms with van der Waals surface area (Å²) in [7, 11) is 0. The van der Waals surface area contributed by atoms with Gasteiger partial charge in [-0.05, 0) is 40.5 Å². The van der Waals surface area contributed by atoms with Gasteiger partial charge in [-0.25, -0.2) is 0 Å². The van der Waals surface area contributed by atoms with Gasteiger partial charge in [0, 0.05) is 15.3 Å². The third kappa shape index (κ3) is 2.55. The quantitative estimate of drug-likeness (QED) is 0.698. The van der Waals surface area contributed by atoms with E-state index in [-0.39, 0.29) is 4.83 Å². The molecule has 15 heavy (non-hydrogen) atoms. The molecule has 0 aliphatic rings. The van der Waals surface area contributed by atoms with Crippen molar-refractivity contribution in [3.8, 4) is 0 Å². The maximum absolute atomic E-state index is 5.23. The van der Waals surface area contributed by atoms with Gasteiger partial charge in [-0.15, -0.1) is 11.3 Å². The number of hydrogen-bond donors (Lipinski definition) is 0. The third-order valence-electron chi connectivity index (χ3n) is 2.16. The van der Waals surface area contributed by atoms with Crippen molar-refractivity contribution in [3.63, 3.8) is 0 Å². The molecule has 0 spiro atoms. The smallest absolute Gasteiger partial charge is 0.169 e. The van der Waals surface area contributed by atoms with Crippen molar-refractivity contribution < 1.29 is 4.42 Å². The largest absolute Gasteiger partial charge is 0.457 e. The van der Waals surface area contributed by atoms with Crippen LogP contribution in [-0.4, -0.2) is 0 Å². The zero-order valence-corrected chi connectivity index (χ0v) is 12.2. The van der Waals surface area contributed by atoms with Gasteiger partial charge in [0.15, 0.2) is 4.67 Å². The molecule has 4 heteroatoms. The Morgan fingerprint density at radius 3 is 2.80 bits per heavy atom. The van der Waals surface area contributed by atoms with E-state index in [2.05, 4.69) is 50.9 Å². The Kier molecular flexibility index (Phi) is 3.69. The minimum Gasteiger partial charge on any atom is -0.457 e. The molecule has 0 aliphatic heterocycles. The van der Waals surface area contributed by atoms with E-state index in [4.69, 9.17) is 4.42 Å². The van der Waals surface area contributed by atoms with Crippen LogP contribution in [0.4, 0.5) is 0 Å². The minimum absolute atomic E-state index is 0.234. The fraction of sp³-hybridized carbons (Fsp3) is 0.273. The molecule has 80 valence electrons. The number of rotatable bonds is 3. The molecule has 2 heterocycles. The predicted molar refractivity (Wildman–Crippen MR) is 70.9 cm³/mol. The number of aryl methyl sites for hydroxylation is 1. The van der Waals surface area contributed by atoms with Gasteiger partial charge in [0.05, 0.1) is 11.1 Å². The first-order chi connectivity index (χ1) is 7.20. The van der Waals surface area contributed by atoms with Crippen LogP contribution in [0.2, 0.25) is 0 Å². The maximum atomic E-state index is 5.23. The van der Waals surface area contributed by atoms with Gasteiger partial charge < -0.3 is 4.42 Å². The second-order valence-electron chi connectivity index (χ2n) is 3.20. The Labute approximate surface area is 110 Å². The fourth-order valence-electron chi connectivity index (χ4n) is 1.34. The predicted octanol–water partition coefficient (Wildman–Crippen LogP) is 5.15. The highest BCUT2D eigenvalue weighted by molar-refractivity contribution is 9.10. The molecular formula is C11H10Br2OS. The lowest BCUT2D eigenvalue weighted by molar-refractivity contribution is 0.539. The van der Waals surface area contributed by atoms with Crippen molar-refractivity contribution in [2.24, 2.45) is 0 Å². The molecule has 1 nitrogen and oxygen atoms in total. The molecule has 0 fully saturated rings. The normalized spacial score (nSPS) is 13.0. The van der Waals surface area contributed by atoms with Crippen LogP contribution in [-0.2, 0) is 6.42 Å². The number of alkyl halides is 1. The summed E-state index contributed by atoms with van der Waals surface area (Å²) in [4.78, 5) is 2.97. The van der Waals surface area contributed by atoms with Crippen molar-refractivity contribution in [3.05, 3.63) is 44.4 Å². The summed E-state index contributed by atoms with van der Waals surface area (Å²) in [5.41, 5.74) is 1.14. The second-order valence-corrected chi connectivity index (χ2v) is 6.10. The van der Waals surface area contributed by atoms with Crippen LogP contribution in [0.15, 0.2) is 33.5 Å². The van der Waals surface area contributed by atoms with Gasteiger partial charge in [0.25, 0.3) is 0 Å². The highest BCUT2D eigenvalue weighted by Gasteiger charge is 2.14. The highest BCUT2D eigenvalue weighted by atomic mass is 79.9. The van der Waals surface area contributed by atoms with Crippen molar-refractivity contribution in [1.82, 2.24) is 0 Å². The van der Waals surface area contributed by atoms with Crippen LogP contribution in [0.5, 0.6) is 0 Å². The molecule has 0 saturated heterocycles. The van der Waals surface area contributed by atoms with E-state index >= 15 is 0 Å². The number of furan rings is 1. The molecule has 0 aromatic carbocycles. The molecule has 0 aliphatic carbocycles. The standard InChI is InChI=1S/C11H10Br2OS/c1-2-8-3-4-9(15-8)11(13)7-5-10(12)14-6-7/h3-6,11H,2H2,1H3. The summed E-state index contributed by atoms with van der Waals surface area (Å²) in [5, 5.41) is 0. The first-order valence-electron chi connectivity index (χ1n) is 4.67. The Morgan fingerprint density at radius 2 is 2.27 bits per heavy atom. The zero-order chi connectivity index (χ0) is 10.8. The molecule has 0 saturated carbocycles. The lowest BCUT2D eigenvalue weighted by Crippen LogP contribution is -1.84. The molecule has 2 aromatic rings. The van der Waals surface area contributed by atoms with Crippen LogP contribution >= 0.6 is 43.2 Å². The topological polar surface area (TPSA) is 13.1 Å². The lowest BCUT2D eigenvalue weighted by Gasteiger charge is -2.02. The molecule has 0 radical (unpaired) electrons. The molecule has 0 bridgehead atoms. The van der Waals surface area contributed by atoms with Crippen molar-refractivity contribution in [1.29, 1.82) is 0 Å². The number of halogens is 2. The van der Waals surface area contributed by atoms with Crippen LogP contribution < -0.4 is 0 Å². The Bertz CT molecular complexity index is 447. The van der Waals surface area contributed by atoms with E-state index in [9.17, 15) is 0 Å². The fourth-order valence-corrected chi connectivity index (χ4v) is 3.33. The van der Waals surface area contributed by atoms with Gasteiger partial charge in [0.2, 0.25) is 0 Å². The van der Waals surface area contributed by atoms with Crippen LogP contribution in [0.1, 0.15) is 27.1 Å². The van der Waals surface area contributed by atoms with E-state index in [0.29, 0.717) is 0 Å². The third-order valence-corrected chi connectivity index (χ3v) is 5.20. The number of thiophene rings is 1. The maximum Gasteiger partial charge on any atom is 0.169 e. The average molecular weight is 350 g/mol. The zero-order valence-electron chi connectivity index (χ0n) is 8.17. The molecule has 2 aromatic heterocycles. The summed E-state index contributed by atoms with van der Waals surface area (Å²) in [6.07, 6.45) is 2.87. The summed E-state index contributed by atoms with van der Waals surface area (Å²) in [6, 6.07) is 6.35. The average Bonchev–Trinajstić information content (AvgIpc) is 2.84. The Morgan fingerprint density at radius 1 is 1.47 bits per heavy atom. The van der Waals surface area contributed by atoms with Crippen LogP contribution in [0, 0.1) is 0 Å². The van der Waals surface area contributed by atoms with Gasteiger partial charge in [-0.3, -0.25) is 0 Å². The van der Waals surface area contributed by atoms with Crippen molar-refractivity contribution >= 4 is 43.2 Å². The summed E-state index contributed by atoms with van der Waals surface area (Å²) >= 11 is 8.83. The van der Waals surface area contributed by atoms with Crippen LogP contribution in [0.3, 0.4) is 0 Å². The van der Waals surface area contributed by atoms with Gasteiger partial charge >= 0.3 is 0 Å². The van der Waals surface area contributed by atoms with E-state index in [1.807, 2.05) is 17.4 Å². The van der Waals surface area contributed by atoms with E-state index in [1.165, 1.54) is 9.75 Å². The van der Waals surface area contributed by atoms with Gasteiger partial charge in [-0.2, -0.15) is 0 Å². The van der Waals surface area contributed by atoms with Gasteiger partial charge in [0.1, 0.15) is 0 Å². The second kappa shape index (κ2) is 4.85. The summed E-state index contributed by atoms with van der Waals surface area (Å²) < 4.78 is 6.00. The first-order valence-corrected chi connectivity index (χ1v) is 7.20. The molecule has 2 rings (SSSR count).